The van der Waals surface area contributed by atoms with Gasteiger partial charge in [0.1, 0.15) is 11.8 Å². The minimum absolute atomic E-state index is 0.0132. The number of aromatic hydroxyl groups is 1. The fourth-order valence-electron chi connectivity index (χ4n) is 2.99. The van der Waals surface area contributed by atoms with Gasteiger partial charge in [0.05, 0.1) is 18.2 Å². The maximum absolute atomic E-state index is 12.5. The Morgan fingerprint density at radius 1 is 1.21 bits per heavy atom. The van der Waals surface area contributed by atoms with Gasteiger partial charge < -0.3 is 20.5 Å². The van der Waals surface area contributed by atoms with Gasteiger partial charge in [0.2, 0.25) is 5.91 Å². The van der Waals surface area contributed by atoms with E-state index >= 15 is 0 Å². The number of aryl methyl sites for hydroxylation is 1. The van der Waals surface area contributed by atoms with Crippen molar-refractivity contribution in [1.82, 2.24) is 5.32 Å². The molecule has 2 amide bonds. The number of anilines is 1. The van der Waals surface area contributed by atoms with Gasteiger partial charge in [0.15, 0.2) is 6.29 Å². The quantitative estimate of drug-likeness (QED) is 0.546. The number of methoxy groups -OCH3 is 1. The second-order valence-corrected chi connectivity index (χ2v) is 6.31. The first-order valence-electron chi connectivity index (χ1n) is 8.54. The van der Waals surface area contributed by atoms with Gasteiger partial charge in [-0.2, -0.15) is 0 Å². The SMILES string of the molecule is COC(=O)c1ccc2c(c1)CCC(NC(=O)c1ccc(O)c(C=O)c1)C(=O)N2. The molecule has 0 bridgehead atoms. The van der Waals surface area contributed by atoms with Crippen LogP contribution in [-0.2, 0) is 16.0 Å². The zero-order valence-corrected chi connectivity index (χ0v) is 15.0. The number of benzene rings is 2. The van der Waals surface area contributed by atoms with Gasteiger partial charge in [-0.3, -0.25) is 14.4 Å². The Balaban J connectivity index is 1.76. The minimum atomic E-state index is -0.796. The zero-order chi connectivity index (χ0) is 20.3. The van der Waals surface area contributed by atoms with E-state index in [-0.39, 0.29) is 22.8 Å². The fourth-order valence-corrected chi connectivity index (χ4v) is 2.99. The molecule has 8 nitrogen and oxygen atoms in total. The van der Waals surface area contributed by atoms with Crippen molar-refractivity contribution >= 4 is 29.8 Å². The Morgan fingerprint density at radius 2 is 1.96 bits per heavy atom. The number of esters is 1. The third-order valence-electron chi connectivity index (χ3n) is 4.53. The fraction of sp³-hybridized carbons (Fsp3) is 0.200. The largest absolute Gasteiger partial charge is 0.507 e. The normalized spacial score (nSPS) is 15.6. The summed E-state index contributed by atoms with van der Waals surface area (Å²) in [6.45, 7) is 0. The third kappa shape index (κ3) is 3.85. The van der Waals surface area contributed by atoms with E-state index in [1.54, 1.807) is 18.2 Å². The zero-order valence-electron chi connectivity index (χ0n) is 15.0. The van der Waals surface area contributed by atoms with Crippen LogP contribution in [0.2, 0.25) is 0 Å². The van der Waals surface area contributed by atoms with Crippen LogP contribution in [0.1, 0.15) is 43.1 Å². The Kier molecular flexibility index (Phi) is 5.39. The van der Waals surface area contributed by atoms with E-state index in [1.807, 2.05) is 0 Å². The molecule has 0 radical (unpaired) electrons. The van der Waals surface area contributed by atoms with Crippen LogP contribution in [0.5, 0.6) is 5.75 Å². The van der Waals surface area contributed by atoms with Crippen molar-refractivity contribution in [2.75, 3.05) is 12.4 Å². The van der Waals surface area contributed by atoms with Gasteiger partial charge in [-0.15, -0.1) is 0 Å². The van der Waals surface area contributed by atoms with E-state index in [1.165, 1.54) is 25.3 Å². The summed E-state index contributed by atoms with van der Waals surface area (Å²) in [5.41, 5.74) is 1.86. The number of aldehydes is 1. The molecule has 28 heavy (non-hydrogen) atoms. The van der Waals surface area contributed by atoms with E-state index in [2.05, 4.69) is 10.6 Å². The van der Waals surface area contributed by atoms with Crippen LogP contribution in [-0.4, -0.2) is 42.3 Å². The molecule has 0 fully saturated rings. The number of nitrogens with one attached hydrogen (secondary N) is 2. The molecular weight excluding hydrogens is 364 g/mol. The van der Waals surface area contributed by atoms with Crippen molar-refractivity contribution in [3.05, 3.63) is 58.7 Å². The Hall–Kier alpha value is -3.68. The van der Waals surface area contributed by atoms with Crippen molar-refractivity contribution in [1.29, 1.82) is 0 Å². The maximum Gasteiger partial charge on any atom is 0.337 e. The molecule has 1 aliphatic heterocycles. The molecule has 3 rings (SSSR count). The van der Waals surface area contributed by atoms with Crippen LogP contribution in [0.25, 0.3) is 0 Å². The summed E-state index contributed by atoms with van der Waals surface area (Å²) in [5, 5.41) is 14.9. The molecule has 2 aromatic rings. The molecule has 0 aliphatic carbocycles. The van der Waals surface area contributed by atoms with Crippen molar-refractivity contribution < 1.29 is 29.0 Å². The molecule has 0 saturated carbocycles. The van der Waals surface area contributed by atoms with Gasteiger partial charge in [-0.25, -0.2) is 4.79 Å². The summed E-state index contributed by atoms with van der Waals surface area (Å²) in [6, 6.07) is 7.90. The number of fused-ring (bicyclic) bond motifs is 1. The predicted molar refractivity (Wildman–Crippen MR) is 99.5 cm³/mol. The number of carbonyl (C=O) groups excluding carboxylic acids is 4. The molecular formula is C20H18N2O6. The summed E-state index contributed by atoms with van der Waals surface area (Å²) in [6.07, 6.45) is 1.23. The number of phenols is 1. The molecule has 1 unspecified atom stereocenters. The number of ether oxygens (including phenoxy) is 1. The van der Waals surface area contributed by atoms with Crippen molar-refractivity contribution in [2.45, 2.75) is 18.9 Å². The predicted octanol–water partition coefficient (Wildman–Crippen LogP) is 1.67. The number of rotatable bonds is 4. The van der Waals surface area contributed by atoms with E-state index < -0.39 is 17.9 Å². The van der Waals surface area contributed by atoms with E-state index in [0.29, 0.717) is 30.4 Å². The Labute approximate surface area is 160 Å². The number of hydrogen-bond donors (Lipinski definition) is 3. The average Bonchev–Trinajstić information content (AvgIpc) is 2.85. The highest BCUT2D eigenvalue weighted by Crippen LogP contribution is 2.24. The highest BCUT2D eigenvalue weighted by molar-refractivity contribution is 6.03. The van der Waals surface area contributed by atoms with E-state index in [4.69, 9.17) is 4.74 Å². The monoisotopic (exact) mass is 382 g/mol. The third-order valence-corrected chi connectivity index (χ3v) is 4.53. The Morgan fingerprint density at radius 3 is 2.68 bits per heavy atom. The first-order chi connectivity index (χ1) is 13.4. The smallest absolute Gasteiger partial charge is 0.337 e. The van der Waals surface area contributed by atoms with Crippen molar-refractivity contribution in [3.63, 3.8) is 0 Å². The van der Waals surface area contributed by atoms with Crippen LogP contribution < -0.4 is 10.6 Å². The highest BCUT2D eigenvalue weighted by Gasteiger charge is 2.26. The molecule has 3 N–H and O–H groups in total. The molecule has 1 heterocycles. The van der Waals surface area contributed by atoms with Crippen molar-refractivity contribution in [3.8, 4) is 5.75 Å². The van der Waals surface area contributed by atoms with Gasteiger partial charge in [0, 0.05) is 11.3 Å². The second-order valence-electron chi connectivity index (χ2n) is 6.31. The highest BCUT2D eigenvalue weighted by atomic mass is 16.5. The maximum atomic E-state index is 12.5. The van der Waals surface area contributed by atoms with Crippen molar-refractivity contribution in [2.24, 2.45) is 0 Å². The van der Waals surface area contributed by atoms with E-state index in [0.717, 1.165) is 5.56 Å². The first-order valence-corrected chi connectivity index (χ1v) is 8.54. The molecule has 144 valence electrons. The van der Waals surface area contributed by atoms with Crippen LogP contribution in [0.4, 0.5) is 5.69 Å². The molecule has 0 saturated heterocycles. The molecule has 0 spiro atoms. The minimum Gasteiger partial charge on any atom is -0.507 e. The molecule has 1 atom stereocenters. The average molecular weight is 382 g/mol. The van der Waals surface area contributed by atoms with Gasteiger partial charge >= 0.3 is 5.97 Å². The first kappa shape index (κ1) is 19.1. The van der Waals surface area contributed by atoms with Crippen LogP contribution >= 0.6 is 0 Å². The number of hydrogen-bond acceptors (Lipinski definition) is 6. The van der Waals surface area contributed by atoms with E-state index in [9.17, 15) is 24.3 Å². The number of amides is 2. The summed E-state index contributed by atoms with van der Waals surface area (Å²) in [7, 11) is 1.29. The van der Waals surface area contributed by atoms with Gasteiger partial charge in [-0.1, -0.05) is 0 Å². The summed E-state index contributed by atoms with van der Waals surface area (Å²) in [5.74, 6) is -1.62. The molecule has 1 aliphatic rings. The summed E-state index contributed by atoms with van der Waals surface area (Å²) >= 11 is 0. The summed E-state index contributed by atoms with van der Waals surface area (Å²) < 4.78 is 4.70. The van der Waals surface area contributed by atoms with Crippen LogP contribution in [0, 0.1) is 0 Å². The summed E-state index contributed by atoms with van der Waals surface area (Å²) in [4.78, 5) is 47.5. The second kappa shape index (κ2) is 7.91. The van der Waals surface area contributed by atoms with Crippen LogP contribution in [0.15, 0.2) is 36.4 Å². The number of phenolic OH excluding ortho intramolecular Hbond substituents is 1. The van der Waals surface area contributed by atoms with Gasteiger partial charge in [0.25, 0.3) is 5.91 Å². The lowest BCUT2D eigenvalue weighted by Crippen LogP contribution is -2.43. The molecule has 2 aromatic carbocycles. The van der Waals surface area contributed by atoms with Gasteiger partial charge in [-0.05, 0) is 54.8 Å². The lowest BCUT2D eigenvalue weighted by atomic mass is 10.0. The lowest BCUT2D eigenvalue weighted by molar-refractivity contribution is -0.118. The molecule has 0 aromatic heterocycles. The standard InChI is InChI=1S/C20H18N2O6/c1-28-20(27)13-3-5-15-11(8-13)2-6-16(19(26)21-15)22-18(25)12-4-7-17(24)14(9-12)10-23/h3-5,7-10,16,24H,2,6H2,1H3,(H,21,26)(H,22,25). The van der Waals surface area contributed by atoms with Crippen LogP contribution in [0.3, 0.4) is 0 Å². The lowest BCUT2D eigenvalue weighted by Gasteiger charge is -2.15. The number of carbonyl (C=O) groups is 4. The topological polar surface area (TPSA) is 122 Å². The Bertz CT molecular complexity index is 969. The molecule has 8 heteroatoms.